The van der Waals surface area contributed by atoms with Gasteiger partial charge in [-0.3, -0.25) is 4.79 Å². The van der Waals surface area contributed by atoms with E-state index >= 15 is 0 Å². The van der Waals surface area contributed by atoms with Gasteiger partial charge in [-0.25, -0.2) is 4.98 Å². The van der Waals surface area contributed by atoms with Crippen LogP contribution in [0.2, 0.25) is 0 Å². The number of thioether (sulfide) groups is 1. The molecule has 0 aliphatic rings. The first-order chi connectivity index (χ1) is 10.6. The number of benzene rings is 1. The third-order valence-electron chi connectivity index (χ3n) is 3.39. The third kappa shape index (κ3) is 2.76. The van der Waals surface area contributed by atoms with Gasteiger partial charge >= 0.3 is 0 Å². The third-order valence-corrected chi connectivity index (χ3v) is 4.48. The Morgan fingerprint density at radius 3 is 2.77 bits per heavy atom. The van der Waals surface area contributed by atoms with E-state index in [1.165, 1.54) is 11.8 Å². The summed E-state index contributed by atoms with van der Waals surface area (Å²) in [5, 5.41) is 9.50. The maximum absolute atomic E-state index is 12.1. The van der Waals surface area contributed by atoms with E-state index in [1.807, 2.05) is 29.7 Å². The Hall–Kier alpha value is -2.15. The van der Waals surface area contributed by atoms with E-state index in [0.29, 0.717) is 16.7 Å². The van der Waals surface area contributed by atoms with Crippen LogP contribution in [0.4, 0.5) is 0 Å². The molecule has 114 valence electrons. The molecule has 0 aliphatic carbocycles. The van der Waals surface area contributed by atoms with Gasteiger partial charge in [-0.05, 0) is 32.9 Å². The predicted octanol–water partition coefficient (Wildman–Crippen LogP) is 2.95. The summed E-state index contributed by atoms with van der Waals surface area (Å²) in [6, 6.07) is 7.63. The summed E-state index contributed by atoms with van der Waals surface area (Å²) >= 11 is 1.53. The normalized spacial score (nSPS) is 12.9. The van der Waals surface area contributed by atoms with Crippen molar-refractivity contribution >= 4 is 22.7 Å². The van der Waals surface area contributed by atoms with Gasteiger partial charge < -0.3 is 9.55 Å². The number of hydrogen-bond acceptors (Lipinski definition) is 5. The van der Waals surface area contributed by atoms with Gasteiger partial charge in [0.15, 0.2) is 5.16 Å². The molecule has 7 heteroatoms. The molecule has 3 aromatic rings. The molecule has 0 saturated heterocycles. The summed E-state index contributed by atoms with van der Waals surface area (Å²) in [6.45, 7) is 6.15. The van der Waals surface area contributed by atoms with E-state index in [4.69, 9.17) is 0 Å². The molecule has 0 radical (unpaired) electrons. The summed E-state index contributed by atoms with van der Waals surface area (Å²) < 4.78 is 2.00. The Morgan fingerprint density at radius 1 is 1.23 bits per heavy atom. The minimum Gasteiger partial charge on any atom is -0.309 e. The minimum atomic E-state index is -0.113. The number of nitrogens with one attached hydrogen (secondary N) is 1. The molecule has 0 amide bonds. The van der Waals surface area contributed by atoms with Gasteiger partial charge in [0.1, 0.15) is 12.2 Å². The van der Waals surface area contributed by atoms with Gasteiger partial charge in [-0.1, -0.05) is 23.9 Å². The SMILES string of the molecule is CC(Sc1nncn1C(C)C)c1nc2ccccc2c(=O)[nH]1. The molecule has 1 atom stereocenters. The summed E-state index contributed by atoms with van der Waals surface area (Å²) in [5.41, 5.74) is 0.595. The maximum Gasteiger partial charge on any atom is 0.258 e. The van der Waals surface area contributed by atoms with E-state index in [9.17, 15) is 4.79 Å². The van der Waals surface area contributed by atoms with E-state index in [-0.39, 0.29) is 16.9 Å². The van der Waals surface area contributed by atoms with E-state index in [0.717, 1.165) is 5.16 Å². The van der Waals surface area contributed by atoms with Gasteiger partial charge in [-0.2, -0.15) is 0 Å². The van der Waals surface area contributed by atoms with Crippen LogP contribution in [0.5, 0.6) is 0 Å². The van der Waals surface area contributed by atoms with Crippen molar-refractivity contribution in [2.75, 3.05) is 0 Å². The largest absolute Gasteiger partial charge is 0.309 e. The van der Waals surface area contributed by atoms with Crippen molar-refractivity contribution in [2.45, 2.75) is 37.2 Å². The Kier molecular flexibility index (Phi) is 3.98. The highest BCUT2D eigenvalue weighted by Crippen LogP contribution is 2.32. The van der Waals surface area contributed by atoms with Crippen molar-refractivity contribution in [2.24, 2.45) is 0 Å². The van der Waals surface area contributed by atoms with E-state index in [1.54, 1.807) is 12.4 Å². The van der Waals surface area contributed by atoms with Crippen molar-refractivity contribution in [3.05, 3.63) is 46.8 Å². The smallest absolute Gasteiger partial charge is 0.258 e. The van der Waals surface area contributed by atoms with Crippen molar-refractivity contribution in [3.8, 4) is 0 Å². The number of fused-ring (bicyclic) bond motifs is 1. The first-order valence-corrected chi connectivity index (χ1v) is 7.99. The molecule has 0 fully saturated rings. The standard InChI is InChI=1S/C15H17N5OS/c1-9(2)20-8-16-19-15(20)22-10(3)13-17-12-7-5-4-6-11(12)14(21)18-13/h4-10H,1-3H3,(H,17,18,21). The molecule has 0 bridgehead atoms. The Balaban J connectivity index is 1.94. The summed E-state index contributed by atoms with van der Waals surface area (Å²) in [7, 11) is 0. The number of rotatable bonds is 4. The van der Waals surface area contributed by atoms with Crippen LogP contribution in [0.15, 0.2) is 40.5 Å². The zero-order chi connectivity index (χ0) is 15.7. The lowest BCUT2D eigenvalue weighted by atomic mass is 10.2. The second kappa shape index (κ2) is 5.92. The minimum absolute atomic E-state index is 0.0287. The fourth-order valence-corrected chi connectivity index (χ4v) is 3.19. The monoisotopic (exact) mass is 315 g/mol. The average molecular weight is 315 g/mol. The van der Waals surface area contributed by atoms with Gasteiger partial charge in [0, 0.05) is 6.04 Å². The molecule has 1 unspecified atom stereocenters. The lowest BCUT2D eigenvalue weighted by Crippen LogP contribution is -2.13. The van der Waals surface area contributed by atoms with E-state index < -0.39 is 0 Å². The Labute approximate surface area is 132 Å². The second-order valence-electron chi connectivity index (χ2n) is 5.34. The van der Waals surface area contributed by atoms with Crippen molar-refractivity contribution in [3.63, 3.8) is 0 Å². The molecule has 1 N–H and O–H groups in total. The highest BCUT2D eigenvalue weighted by Gasteiger charge is 2.16. The molecule has 22 heavy (non-hydrogen) atoms. The molecule has 0 aliphatic heterocycles. The second-order valence-corrected chi connectivity index (χ2v) is 6.65. The fourth-order valence-electron chi connectivity index (χ4n) is 2.18. The first-order valence-electron chi connectivity index (χ1n) is 7.11. The van der Waals surface area contributed by atoms with E-state index in [2.05, 4.69) is 34.0 Å². The molecule has 0 spiro atoms. The van der Waals surface area contributed by atoms with Crippen molar-refractivity contribution in [1.82, 2.24) is 24.7 Å². The molecule has 1 aromatic carbocycles. The summed E-state index contributed by atoms with van der Waals surface area (Å²) in [6.07, 6.45) is 1.72. The Bertz CT molecular complexity index is 854. The number of nitrogens with zero attached hydrogens (tertiary/aromatic N) is 4. The maximum atomic E-state index is 12.1. The van der Waals surface area contributed by atoms with Crippen LogP contribution in [-0.4, -0.2) is 24.7 Å². The van der Waals surface area contributed by atoms with Crippen LogP contribution < -0.4 is 5.56 Å². The zero-order valence-corrected chi connectivity index (χ0v) is 13.5. The quantitative estimate of drug-likeness (QED) is 0.749. The molecule has 2 aromatic heterocycles. The van der Waals surface area contributed by atoms with Crippen molar-refractivity contribution in [1.29, 1.82) is 0 Å². The van der Waals surface area contributed by atoms with Crippen molar-refractivity contribution < 1.29 is 0 Å². The molecule has 6 nitrogen and oxygen atoms in total. The number of hydrogen-bond donors (Lipinski definition) is 1. The zero-order valence-electron chi connectivity index (χ0n) is 12.6. The summed E-state index contributed by atoms with van der Waals surface area (Å²) in [5.74, 6) is 0.645. The molecular weight excluding hydrogens is 298 g/mol. The van der Waals surface area contributed by atoms with Gasteiger partial charge in [-0.15, -0.1) is 10.2 Å². The fraction of sp³-hybridized carbons (Fsp3) is 0.333. The molecule has 2 heterocycles. The summed E-state index contributed by atoms with van der Waals surface area (Å²) in [4.78, 5) is 19.6. The van der Waals surface area contributed by atoms with Gasteiger partial charge in [0.2, 0.25) is 0 Å². The highest BCUT2D eigenvalue weighted by atomic mass is 32.2. The first kappa shape index (κ1) is 14.8. The highest BCUT2D eigenvalue weighted by molar-refractivity contribution is 7.99. The van der Waals surface area contributed by atoms with Crippen LogP contribution in [0.3, 0.4) is 0 Å². The Morgan fingerprint density at radius 2 is 2.00 bits per heavy atom. The van der Waals surface area contributed by atoms with Crippen LogP contribution in [-0.2, 0) is 0 Å². The molecule has 0 saturated carbocycles. The lowest BCUT2D eigenvalue weighted by Gasteiger charge is -2.13. The van der Waals surface area contributed by atoms with Crippen LogP contribution in [0.1, 0.15) is 37.9 Å². The number of para-hydroxylation sites is 1. The van der Waals surface area contributed by atoms with Gasteiger partial charge in [0.05, 0.1) is 16.2 Å². The number of aromatic amines is 1. The number of aromatic nitrogens is 5. The molecular formula is C15H17N5OS. The van der Waals surface area contributed by atoms with Crippen LogP contribution >= 0.6 is 11.8 Å². The molecule has 3 rings (SSSR count). The predicted molar refractivity (Wildman–Crippen MR) is 87.0 cm³/mol. The lowest BCUT2D eigenvalue weighted by molar-refractivity contribution is 0.548. The van der Waals surface area contributed by atoms with Crippen LogP contribution in [0, 0.1) is 0 Å². The van der Waals surface area contributed by atoms with Gasteiger partial charge in [0.25, 0.3) is 5.56 Å². The van der Waals surface area contributed by atoms with Crippen LogP contribution in [0.25, 0.3) is 10.9 Å². The number of H-pyrrole nitrogens is 1. The topological polar surface area (TPSA) is 76.5 Å². The average Bonchev–Trinajstić information content (AvgIpc) is 2.95.